The van der Waals surface area contributed by atoms with Gasteiger partial charge in [0.05, 0.1) is 6.54 Å². The van der Waals surface area contributed by atoms with Crippen molar-refractivity contribution >= 4 is 11.5 Å². The molecule has 4 aromatic rings. The molecule has 4 rings (SSSR count). The number of rotatable bonds is 5. The number of fused-ring (bicyclic) bond motifs is 1. The fraction of sp³-hybridized carbons (Fsp3) is 0.150. The smallest absolute Gasteiger partial charge is 0.259 e. The summed E-state index contributed by atoms with van der Waals surface area (Å²) in [5.74, 6) is 1.56. The minimum Gasteiger partial charge on any atom is -0.352 e. The monoisotopic (exact) mass is 345 g/mol. The molecule has 6 nitrogen and oxygen atoms in total. The molecule has 0 aliphatic heterocycles. The SMILES string of the molecule is CN(Cc1nccn1Cc1ccccc1)c1cc(=O)n2ccccc2n1. The predicted molar refractivity (Wildman–Crippen MR) is 101 cm³/mol. The third-order valence-corrected chi connectivity index (χ3v) is 4.32. The number of anilines is 1. The Morgan fingerprint density at radius 1 is 1.04 bits per heavy atom. The lowest BCUT2D eigenvalue weighted by atomic mass is 10.2. The van der Waals surface area contributed by atoms with Crippen LogP contribution in [0.2, 0.25) is 0 Å². The maximum absolute atomic E-state index is 12.3. The summed E-state index contributed by atoms with van der Waals surface area (Å²) in [7, 11) is 1.92. The number of pyridine rings is 1. The average Bonchev–Trinajstić information content (AvgIpc) is 3.09. The molecule has 0 bridgehead atoms. The molecule has 0 aliphatic rings. The highest BCUT2D eigenvalue weighted by Crippen LogP contribution is 2.13. The largest absolute Gasteiger partial charge is 0.352 e. The molecule has 3 aromatic heterocycles. The van der Waals surface area contributed by atoms with Gasteiger partial charge in [-0.05, 0) is 17.7 Å². The molecule has 0 saturated heterocycles. The molecule has 0 radical (unpaired) electrons. The zero-order valence-corrected chi connectivity index (χ0v) is 14.5. The minimum absolute atomic E-state index is 0.0925. The highest BCUT2D eigenvalue weighted by Gasteiger charge is 2.11. The Balaban J connectivity index is 1.58. The second kappa shape index (κ2) is 6.84. The molecule has 0 amide bonds. The molecule has 1 aromatic carbocycles. The van der Waals surface area contributed by atoms with Crippen LogP contribution in [0.25, 0.3) is 5.65 Å². The fourth-order valence-corrected chi connectivity index (χ4v) is 2.95. The first-order valence-corrected chi connectivity index (χ1v) is 8.44. The maximum Gasteiger partial charge on any atom is 0.259 e. The van der Waals surface area contributed by atoms with Crippen molar-refractivity contribution in [3.8, 4) is 0 Å². The Morgan fingerprint density at radius 2 is 1.85 bits per heavy atom. The predicted octanol–water partition coefficient (Wildman–Crippen LogP) is 2.58. The zero-order valence-electron chi connectivity index (χ0n) is 14.5. The molecule has 0 aliphatic carbocycles. The Bertz CT molecular complexity index is 1080. The van der Waals surface area contributed by atoms with Crippen molar-refractivity contribution in [1.82, 2.24) is 18.9 Å². The van der Waals surface area contributed by atoms with E-state index >= 15 is 0 Å². The average molecular weight is 345 g/mol. The summed E-state index contributed by atoms with van der Waals surface area (Å²) in [6, 6.07) is 17.3. The Kier molecular flexibility index (Phi) is 4.23. The van der Waals surface area contributed by atoms with Gasteiger partial charge in [0, 0.05) is 38.2 Å². The summed E-state index contributed by atoms with van der Waals surface area (Å²) in [5.41, 5.74) is 1.76. The molecule has 6 heteroatoms. The number of benzene rings is 1. The second-order valence-electron chi connectivity index (χ2n) is 6.19. The van der Waals surface area contributed by atoms with Crippen molar-refractivity contribution in [3.63, 3.8) is 0 Å². The lowest BCUT2D eigenvalue weighted by Crippen LogP contribution is -2.24. The van der Waals surface area contributed by atoms with Crippen molar-refractivity contribution < 1.29 is 0 Å². The van der Waals surface area contributed by atoms with Gasteiger partial charge in [-0.25, -0.2) is 9.97 Å². The summed E-state index contributed by atoms with van der Waals surface area (Å²) in [6.07, 6.45) is 5.49. The van der Waals surface area contributed by atoms with Gasteiger partial charge in [0.15, 0.2) is 0 Å². The Morgan fingerprint density at radius 3 is 2.69 bits per heavy atom. The van der Waals surface area contributed by atoms with E-state index in [2.05, 4.69) is 26.7 Å². The van der Waals surface area contributed by atoms with Crippen molar-refractivity contribution in [3.05, 3.63) is 94.9 Å². The lowest BCUT2D eigenvalue weighted by molar-refractivity contribution is 0.703. The molecule has 3 heterocycles. The van der Waals surface area contributed by atoms with Crippen LogP contribution in [-0.2, 0) is 13.1 Å². The van der Waals surface area contributed by atoms with Crippen LogP contribution in [0.5, 0.6) is 0 Å². The van der Waals surface area contributed by atoms with Gasteiger partial charge in [-0.15, -0.1) is 0 Å². The second-order valence-corrected chi connectivity index (χ2v) is 6.19. The van der Waals surface area contributed by atoms with Gasteiger partial charge in [-0.2, -0.15) is 0 Å². The standard InChI is InChI=1S/C20H19N5O/c1-23(18-13-20(26)25-11-6-5-9-17(25)22-18)15-19-21-10-12-24(19)14-16-7-3-2-4-8-16/h2-13H,14-15H2,1H3. The maximum atomic E-state index is 12.3. The summed E-state index contributed by atoms with van der Waals surface area (Å²) >= 11 is 0. The number of hydrogen-bond acceptors (Lipinski definition) is 4. The van der Waals surface area contributed by atoms with Crippen LogP contribution in [0.3, 0.4) is 0 Å². The Hall–Kier alpha value is -3.41. The molecular formula is C20H19N5O. The quantitative estimate of drug-likeness (QED) is 0.558. The van der Waals surface area contributed by atoms with E-state index in [0.717, 1.165) is 12.4 Å². The molecule has 0 saturated carbocycles. The van der Waals surface area contributed by atoms with Crippen molar-refractivity contribution in [2.24, 2.45) is 0 Å². The molecule has 0 fully saturated rings. The number of hydrogen-bond donors (Lipinski definition) is 0. The van der Waals surface area contributed by atoms with Crippen molar-refractivity contribution in [1.29, 1.82) is 0 Å². The number of aromatic nitrogens is 4. The molecule has 0 spiro atoms. The first-order chi connectivity index (χ1) is 12.7. The molecule has 0 atom stereocenters. The van der Waals surface area contributed by atoms with Gasteiger partial charge in [-0.3, -0.25) is 9.20 Å². The third kappa shape index (κ3) is 3.21. The van der Waals surface area contributed by atoms with Gasteiger partial charge >= 0.3 is 0 Å². The van der Waals surface area contributed by atoms with Gasteiger partial charge in [0.2, 0.25) is 0 Å². The molecule has 26 heavy (non-hydrogen) atoms. The van der Waals surface area contributed by atoms with E-state index in [1.807, 2.05) is 54.5 Å². The lowest BCUT2D eigenvalue weighted by Gasteiger charge is -2.19. The van der Waals surface area contributed by atoms with Gasteiger partial charge in [0.1, 0.15) is 17.3 Å². The normalized spacial score (nSPS) is 11.0. The van der Waals surface area contributed by atoms with E-state index in [0.29, 0.717) is 18.0 Å². The van der Waals surface area contributed by atoms with Gasteiger partial charge < -0.3 is 9.47 Å². The van der Waals surface area contributed by atoms with Gasteiger partial charge in [0.25, 0.3) is 5.56 Å². The van der Waals surface area contributed by atoms with Gasteiger partial charge in [-0.1, -0.05) is 36.4 Å². The summed E-state index contributed by atoms with van der Waals surface area (Å²) in [6.45, 7) is 1.33. The van der Waals surface area contributed by atoms with E-state index < -0.39 is 0 Å². The summed E-state index contributed by atoms with van der Waals surface area (Å²) in [4.78, 5) is 23.3. The minimum atomic E-state index is -0.0925. The van der Waals surface area contributed by atoms with Crippen molar-refractivity contribution in [2.75, 3.05) is 11.9 Å². The van der Waals surface area contributed by atoms with Crippen LogP contribution in [0.1, 0.15) is 11.4 Å². The van der Waals surface area contributed by atoms with Crippen LogP contribution in [-0.4, -0.2) is 26.0 Å². The molecule has 0 N–H and O–H groups in total. The van der Waals surface area contributed by atoms with E-state index in [1.54, 1.807) is 18.5 Å². The molecular weight excluding hydrogens is 326 g/mol. The van der Waals surface area contributed by atoms with Crippen LogP contribution in [0.15, 0.2) is 78.0 Å². The van der Waals surface area contributed by atoms with E-state index in [-0.39, 0.29) is 5.56 Å². The molecule has 0 unspecified atom stereocenters. The van der Waals surface area contributed by atoms with E-state index in [4.69, 9.17) is 0 Å². The first-order valence-electron chi connectivity index (χ1n) is 8.44. The van der Waals surface area contributed by atoms with Crippen molar-refractivity contribution in [2.45, 2.75) is 13.1 Å². The van der Waals surface area contributed by atoms with Crippen LogP contribution < -0.4 is 10.5 Å². The highest BCUT2D eigenvalue weighted by molar-refractivity contribution is 5.47. The third-order valence-electron chi connectivity index (χ3n) is 4.32. The number of imidazole rings is 1. The van der Waals surface area contributed by atoms with E-state index in [9.17, 15) is 4.79 Å². The summed E-state index contributed by atoms with van der Waals surface area (Å²) < 4.78 is 3.65. The number of nitrogens with zero attached hydrogens (tertiary/aromatic N) is 5. The first kappa shape index (κ1) is 16.1. The van der Waals surface area contributed by atoms with Crippen LogP contribution >= 0.6 is 0 Å². The fourth-order valence-electron chi connectivity index (χ4n) is 2.95. The van der Waals surface area contributed by atoms with E-state index in [1.165, 1.54) is 9.96 Å². The summed E-state index contributed by atoms with van der Waals surface area (Å²) in [5, 5.41) is 0. The van der Waals surface area contributed by atoms with Crippen LogP contribution in [0, 0.1) is 0 Å². The highest BCUT2D eigenvalue weighted by atomic mass is 16.1. The topological polar surface area (TPSA) is 55.4 Å². The Labute approximate surface area is 151 Å². The zero-order chi connectivity index (χ0) is 17.9. The van der Waals surface area contributed by atoms with Crippen LogP contribution in [0.4, 0.5) is 5.82 Å². The molecule has 130 valence electrons.